The Morgan fingerprint density at radius 3 is 0.667 bits per heavy atom. The molecule has 0 heterocycles. The van der Waals surface area contributed by atoms with E-state index in [9.17, 15) is 140 Å². The lowest BCUT2D eigenvalue weighted by molar-refractivity contribution is -0.149. The summed E-state index contributed by atoms with van der Waals surface area (Å²) < 4.78 is 0. The van der Waals surface area contributed by atoms with Crippen LogP contribution in [0.2, 0.25) is 0 Å². The highest BCUT2D eigenvalue weighted by molar-refractivity contribution is 5.84. The van der Waals surface area contributed by atoms with Gasteiger partial charge in [-0.1, -0.05) is 0 Å². The summed E-state index contributed by atoms with van der Waals surface area (Å²) in [7, 11) is 0. The molecule has 0 aliphatic heterocycles. The van der Waals surface area contributed by atoms with Gasteiger partial charge in [0.25, 0.3) is 23.6 Å². The summed E-state index contributed by atoms with van der Waals surface area (Å²) in [5.41, 5.74) is 0. The Bertz CT molecular complexity index is 1890. The predicted octanol–water partition coefficient (Wildman–Crippen LogP) is -19.0. The van der Waals surface area contributed by atoms with E-state index in [2.05, 4.69) is 21.3 Å². The van der Waals surface area contributed by atoms with E-state index in [0.29, 0.717) is 0 Å². The number of aliphatic carboxylic acids is 3. The number of nitrogens with zero attached hydrogens (tertiary/aromatic N) is 5. The Balaban J connectivity index is 6.66. The minimum Gasteiger partial charge on any atom is -0.480 e. The van der Waals surface area contributed by atoms with Gasteiger partial charge in [0.15, 0.2) is 24.4 Å². The molecule has 0 rings (SSSR count). The smallest absolute Gasteiger partial charge is 0.317 e. The minimum atomic E-state index is -2.44. The highest BCUT2D eigenvalue weighted by Crippen LogP contribution is 2.10. The Morgan fingerprint density at radius 2 is 0.471 bits per heavy atom. The lowest BCUT2D eigenvalue weighted by Gasteiger charge is -2.31. The normalized spacial score (nSPS) is 17.4. The van der Waals surface area contributed by atoms with Crippen LogP contribution in [-0.4, -0.2) is 431 Å². The van der Waals surface area contributed by atoms with Gasteiger partial charge in [-0.05, 0) is 0 Å². The predicted molar refractivity (Wildman–Crippen MR) is 282 cm³/mol. The van der Waals surface area contributed by atoms with Gasteiger partial charge in [0, 0.05) is 78.5 Å². The number of carbonyl (C=O) groups is 9. The van der Waals surface area contributed by atoms with Crippen LogP contribution in [0, 0.1) is 0 Å². The van der Waals surface area contributed by atoms with Crippen molar-refractivity contribution in [3.8, 4) is 0 Å². The van der Waals surface area contributed by atoms with Gasteiger partial charge < -0.3 is 149 Å². The van der Waals surface area contributed by atoms with Gasteiger partial charge in [0.2, 0.25) is 11.8 Å². The lowest BCUT2D eigenvalue weighted by atomic mass is 10.0. The molecule has 87 heavy (non-hydrogen) atoms. The Kier molecular flexibility index (Phi) is 39.5. The van der Waals surface area contributed by atoms with E-state index in [0.717, 1.165) is 24.5 Å². The summed E-state index contributed by atoms with van der Waals surface area (Å²) in [6.07, 6.45) is -36.1. The molecule has 0 aromatic rings. The molecule has 506 valence electrons. The van der Waals surface area contributed by atoms with Gasteiger partial charge in [-0.2, -0.15) is 0 Å². The zero-order valence-electron chi connectivity index (χ0n) is 46.8. The molecular formula is C46H85N9O32. The fourth-order valence-corrected chi connectivity index (χ4v) is 7.53. The maximum absolute atomic E-state index is 13.9. The molecule has 0 spiro atoms. The molecule has 0 bridgehead atoms. The van der Waals surface area contributed by atoms with Crippen molar-refractivity contribution < 1.29 is 161 Å². The summed E-state index contributed by atoms with van der Waals surface area (Å²) in [6.45, 7) is -15.4. The van der Waals surface area contributed by atoms with Gasteiger partial charge in [-0.3, -0.25) is 57.9 Å². The molecule has 41 nitrogen and oxygen atoms in total. The molecule has 0 aliphatic carbocycles. The maximum Gasteiger partial charge on any atom is 0.317 e. The lowest BCUT2D eigenvalue weighted by Crippen LogP contribution is -2.54. The average Bonchev–Trinajstić information content (AvgIpc) is 3.49. The number of hydrogen-bond donors (Lipinski definition) is 27. The quantitative estimate of drug-likeness (QED) is 0.0269. The number of aliphatic hydroxyl groups is 20. The molecule has 0 aromatic heterocycles. The fourth-order valence-electron chi connectivity index (χ4n) is 7.53. The molecule has 0 aliphatic rings. The number of hydrogen-bond acceptors (Lipinski definition) is 32. The van der Waals surface area contributed by atoms with Crippen LogP contribution < -0.4 is 21.3 Å². The van der Waals surface area contributed by atoms with Crippen molar-refractivity contribution in [1.29, 1.82) is 0 Å². The number of aliphatic hydroxyl groups excluding tert-OH is 20. The third kappa shape index (κ3) is 29.9. The maximum atomic E-state index is 13.9. The van der Waals surface area contributed by atoms with E-state index >= 15 is 0 Å². The van der Waals surface area contributed by atoms with E-state index in [1.165, 1.54) is 0 Å². The number of amides is 6. The average molecular weight is 1280 g/mol. The van der Waals surface area contributed by atoms with Gasteiger partial charge in [-0.15, -0.1) is 0 Å². The molecule has 41 heteroatoms. The van der Waals surface area contributed by atoms with Crippen LogP contribution in [0.5, 0.6) is 0 Å². The Morgan fingerprint density at radius 1 is 0.276 bits per heavy atom. The molecule has 0 saturated heterocycles. The van der Waals surface area contributed by atoms with Crippen molar-refractivity contribution in [2.75, 3.05) is 138 Å². The zero-order valence-corrected chi connectivity index (χ0v) is 46.8. The highest BCUT2D eigenvalue weighted by Gasteiger charge is 2.38. The zero-order chi connectivity index (χ0) is 67.0. The summed E-state index contributed by atoms with van der Waals surface area (Å²) in [4.78, 5) is 119. The van der Waals surface area contributed by atoms with Crippen LogP contribution in [0.25, 0.3) is 0 Å². The summed E-state index contributed by atoms with van der Waals surface area (Å²) in [5, 5.41) is 233. The summed E-state index contributed by atoms with van der Waals surface area (Å²) in [5.74, 6) is -12.2. The first-order valence-electron chi connectivity index (χ1n) is 26.4. The monoisotopic (exact) mass is 1280 g/mol. The van der Waals surface area contributed by atoms with Crippen LogP contribution in [-0.2, 0) is 43.2 Å². The molecule has 6 amide bonds. The standard InChI is InChI=1S/C46H85N9O32/c56-18-22(60)31(72)35(76)39(80)43(84)47-1-5-54(6-2-48-44(85)40(81)36(77)32(73)23(61)19-57)26(64)13-52(16-29(68)69)11-9-51(15-28(66)67)10-12-53(17-30(70)71)14-27(65)55(7-3-49-45(86)41(82)37(78)33(74)24(62)20-58)8-4-50-46(87)42(83)38(79)34(75)25(63)21-59/h22-25,31-42,56-63,72-83H,1-21H2,(H,47,84)(H,48,85)(H,49,86)(H,50,87)(H,66,67)(H,68,69)(H,70,71)/t22-,23+,24-,25+,31-,32+,33-,34+,35+,36-,37+,38-,39-,40+,41-,42+. The third-order valence-corrected chi connectivity index (χ3v) is 12.8. The van der Waals surface area contributed by atoms with Crippen molar-refractivity contribution in [3.05, 3.63) is 0 Å². The van der Waals surface area contributed by atoms with Crippen molar-refractivity contribution >= 4 is 53.4 Å². The number of nitrogens with one attached hydrogen (secondary N) is 4. The molecule has 0 fully saturated rings. The highest BCUT2D eigenvalue weighted by atomic mass is 16.4. The summed E-state index contributed by atoms with van der Waals surface area (Å²) in [6, 6.07) is 0. The second kappa shape index (κ2) is 42.3. The first-order valence-corrected chi connectivity index (χ1v) is 26.4. The Labute approximate surface area is 494 Å². The molecule has 0 aromatic carbocycles. The molecule has 0 radical (unpaired) electrons. The molecular weight excluding hydrogens is 1190 g/mol. The largest absolute Gasteiger partial charge is 0.480 e. The van der Waals surface area contributed by atoms with Crippen molar-refractivity contribution in [3.63, 3.8) is 0 Å². The van der Waals surface area contributed by atoms with Crippen molar-refractivity contribution in [1.82, 2.24) is 45.8 Å². The molecule has 0 unspecified atom stereocenters. The Hall–Kier alpha value is -5.69. The summed E-state index contributed by atoms with van der Waals surface area (Å²) >= 11 is 0. The van der Waals surface area contributed by atoms with E-state index in [1.807, 2.05) is 0 Å². The topological polar surface area (TPSA) is 683 Å². The van der Waals surface area contributed by atoms with Crippen molar-refractivity contribution in [2.24, 2.45) is 0 Å². The second-order valence-corrected chi connectivity index (χ2v) is 19.5. The minimum absolute atomic E-state index is 0.430. The van der Waals surface area contributed by atoms with E-state index in [-0.39, 0.29) is 0 Å². The number of carboxylic acids is 3. The SMILES string of the molecule is O=C(O)CN(CCN(CC(=O)O)CC(=O)N(CCNC(=O)[C@@H](O)[C@H](O)[C@@H](O)[C@@H](O)CO)CCNC(=O)[C@H](O)[C@@H](O)[C@H](O)[C@H](O)CO)CCN(CC(=O)O)CC(=O)N(CCNC(=O)[C@@H](O)[C@H](O)[C@@H](O)[C@@H](O)CO)CCNC(=O)[C@H](O)[C@@H](O)[C@H](O)[C@H](O)CO. The van der Waals surface area contributed by atoms with Gasteiger partial charge >= 0.3 is 17.9 Å². The first-order chi connectivity index (χ1) is 40.6. The molecule has 0 saturated carbocycles. The number of carbonyl (C=O) groups excluding carboxylic acids is 6. The molecule has 16 atom stereocenters. The second-order valence-electron chi connectivity index (χ2n) is 19.5. The van der Waals surface area contributed by atoms with Crippen LogP contribution >= 0.6 is 0 Å². The van der Waals surface area contributed by atoms with E-state index < -0.39 is 289 Å². The molecule has 27 N–H and O–H groups in total. The van der Waals surface area contributed by atoms with Crippen LogP contribution in [0.15, 0.2) is 0 Å². The fraction of sp³-hybridized carbons (Fsp3) is 0.804. The van der Waals surface area contributed by atoms with Crippen LogP contribution in [0.4, 0.5) is 0 Å². The van der Waals surface area contributed by atoms with Gasteiger partial charge in [0.05, 0.1) is 59.2 Å². The first kappa shape index (κ1) is 81.3. The third-order valence-electron chi connectivity index (χ3n) is 12.8. The number of rotatable bonds is 48. The van der Waals surface area contributed by atoms with E-state index in [1.54, 1.807) is 0 Å². The van der Waals surface area contributed by atoms with Crippen LogP contribution in [0.3, 0.4) is 0 Å². The van der Waals surface area contributed by atoms with Crippen LogP contribution in [0.1, 0.15) is 0 Å². The van der Waals surface area contributed by atoms with E-state index in [4.69, 9.17) is 20.4 Å². The van der Waals surface area contributed by atoms with Gasteiger partial charge in [-0.25, -0.2) is 0 Å². The van der Waals surface area contributed by atoms with Gasteiger partial charge in [0.1, 0.15) is 73.2 Å². The van der Waals surface area contributed by atoms with Crippen molar-refractivity contribution in [2.45, 2.75) is 97.7 Å². The number of carboxylic acid groups (broad SMARTS) is 3.